The molecule has 0 radical (unpaired) electrons. The van der Waals surface area contributed by atoms with Crippen molar-refractivity contribution in [1.82, 2.24) is 15.1 Å². The Morgan fingerprint density at radius 3 is 2.75 bits per heavy atom. The number of piperazine rings is 1. The van der Waals surface area contributed by atoms with E-state index in [9.17, 15) is 9.90 Å². The molecule has 1 aliphatic carbocycles. The molecule has 0 aromatic heterocycles. The van der Waals surface area contributed by atoms with Gasteiger partial charge >= 0.3 is 6.09 Å². The third-order valence-electron chi connectivity index (χ3n) is 5.30. The highest BCUT2D eigenvalue weighted by molar-refractivity contribution is 6.30. The zero-order chi connectivity index (χ0) is 19.9. The summed E-state index contributed by atoms with van der Waals surface area (Å²) < 4.78 is 5.50. The van der Waals surface area contributed by atoms with Crippen LogP contribution in [0, 0.1) is 0 Å². The van der Waals surface area contributed by atoms with Crippen LogP contribution in [0.4, 0.5) is 4.79 Å². The van der Waals surface area contributed by atoms with Gasteiger partial charge in [0.15, 0.2) is 0 Å². The molecule has 6 nitrogen and oxygen atoms in total. The van der Waals surface area contributed by atoms with Gasteiger partial charge < -0.3 is 15.2 Å². The third-order valence-corrected chi connectivity index (χ3v) is 5.53. The summed E-state index contributed by atoms with van der Waals surface area (Å²) in [4.78, 5) is 16.3. The van der Waals surface area contributed by atoms with Crippen LogP contribution in [-0.4, -0.2) is 66.5 Å². The quantitative estimate of drug-likeness (QED) is 0.761. The van der Waals surface area contributed by atoms with Gasteiger partial charge in [-0.2, -0.15) is 0 Å². The molecule has 1 aromatic carbocycles. The minimum atomic E-state index is -0.697. The number of carbonyl (C=O) groups is 1. The molecule has 0 bridgehead atoms. The molecular formula is C21H28ClN3O3. The van der Waals surface area contributed by atoms with Gasteiger partial charge in [-0.25, -0.2) is 4.79 Å². The zero-order valence-electron chi connectivity index (χ0n) is 16.1. The van der Waals surface area contributed by atoms with Crippen LogP contribution in [0.25, 0.3) is 0 Å². The van der Waals surface area contributed by atoms with Crippen LogP contribution >= 0.6 is 11.6 Å². The molecule has 3 unspecified atom stereocenters. The van der Waals surface area contributed by atoms with Gasteiger partial charge in [-0.1, -0.05) is 48.0 Å². The normalized spacial score (nSPS) is 22.6. The van der Waals surface area contributed by atoms with Crippen LogP contribution in [-0.2, 0) is 4.74 Å². The molecule has 1 aromatic rings. The highest BCUT2D eigenvalue weighted by Gasteiger charge is 2.29. The Morgan fingerprint density at radius 2 is 2.11 bits per heavy atom. The molecule has 0 saturated carbocycles. The number of allylic oxidation sites excluding steroid dienone is 2. The minimum Gasteiger partial charge on any atom is -0.441 e. The molecule has 1 heterocycles. The largest absolute Gasteiger partial charge is 0.441 e. The summed E-state index contributed by atoms with van der Waals surface area (Å²) >= 11 is 6.09. The number of aliphatic hydroxyl groups excluding tert-OH is 1. The Balaban J connectivity index is 1.59. The van der Waals surface area contributed by atoms with Gasteiger partial charge in [0.05, 0.1) is 0 Å². The Bertz CT molecular complexity index is 717. The average Bonchev–Trinajstić information content (AvgIpc) is 2.74. The molecule has 1 aliphatic heterocycles. The molecule has 2 N–H and O–H groups in total. The van der Waals surface area contributed by atoms with Crippen molar-refractivity contribution in [3.63, 3.8) is 0 Å². The van der Waals surface area contributed by atoms with Gasteiger partial charge in [0.25, 0.3) is 0 Å². The first-order chi connectivity index (χ1) is 13.6. The molecule has 1 amide bonds. The van der Waals surface area contributed by atoms with Crippen molar-refractivity contribution in [2.24, 2.45) is 0 Å². The van der Waals surface area contributed by atoms with E-state index in [1.807, 2.05) is 17.0 Å². The standard InChI is InChI=1S/C21H28ClN3O3/c1-23-21(27)28-19(16-6-5-7-17(22)14-16)15-20(26)25-12-10-24(11-13-25)18-8-3-2-4-9-18/h2-8,14,18-20,26H,9-13,15H2,1H3,(H,23,27). The highest BCUT2D eigenvalue weighted by Crippen LogP contribution is 2.27. The number of benzene rings is 1. The van der Waals surface area contributed by atoms with Gasteiger partial charge in [-0.3, -0.25) is 9.80 Å². The molecule has 0 spiro atoms. The van der Waals surface area contributed by atoms with E-state index in [2.05, 4.69) is 34.5 Å². The molecule has 1 saturated heterocycles. The van der Waals surface area contributed by atoms with Crippen LogP contribution in [0.2, 0.25) is 5.02 Å². The van der Waals surface area contributed by atoms with Crippen LogP contribution in [0.3, 0.4) is 0 Å². The van der Waals surface area contributed by atoms with Gasteiger partial charge in [-0.15, -0.1) is 0 Å². The number of nitrogens with zero attached hydrogens (tertiary/aromatic N) is 2. The lowest BCUT2D eigenvalue weighted by atomic mass is 10.0. The van der Waals surface area contributed by atoms with Gasteiger partial charge in [-0.05, 0) is 24.1 Å². The minimum absolute atomic E-state index is 0.291. The Kier molecular flexibility index (Phi) is 7.50. The molecule has 152 valence electrons. The summed E-state index contributed by atoms with van der Waals surface area (Å²) in [6.07, 6.45) is 8.14. The predicted molar refractivity (Wildman–Crippen MR) is 110 cm³/mol. The van der Waals surface area contributed by atoms with Crippen molar-refractivity contribution in [3.8, 4) is 0 Å². The fourth-order valence-electron chi connectivity index (χ4n) is 3.69. The number of halogens is 1. The van der Waals surface area contributed by atoms with Crippen LogP contribution in [0.15, 0.2) is 48.6 Å². The number of carbonyl (C=O) groups excluding carboxylic acids is 1. The SMILES string of the molecule is CNC(=O)OC(CC(O)N1CCN(C2C=CC=CC2)CC1)c1cccc(Cl)c1. The van der Waals surface area contributed by atoms with E-state index in [1.165, 1.54) is 7.05 Å². The monoisotopic (exact) mass is 405 g/mol. The Labute approximate surface area is 171 Å². The fraction of sp³-hybridized carbons (Fsp3) is 0.476. The maximum Gasteiger partial charge on any atom is 0.407 e. The third kappa shape index (κ3) is 5.58. The predicted octanol–water partition coefficient (Wildman–Crippen LogP) is 2.95. The lowest BCUT2D eigenvalue weighted by Gasteiger charge is -2.40. The first-order valence-corrected chi connectivity index (χ1v) is 10.1. The second kappa shape index (κ2) is 10.1. The summed E-state index contributed by atoms with van der Waals surface area (Å²) in [5.41, 5.74) is 0.771. The number of alkyl carbamates (subject to hydrolysis) is 1. The fourth-order valence-corrected chi connectivity index (χ4v) is 3.89. The smallest absolute Gasteiger partial charge is 0.407 e. The maximum absolute atomic E-state index is 11.8. The highest BCUT2D eigenvalue weighted by atomic mass is 35.5. The number of ether oxygens (including phenoxy) is 1. The van der Waals surface area contributed by atoms with E-state index in [4.69, 9.17) is 16.3 Å². The van der Waals surface area contributed by atoms with E-state index < -0.39 is 18.4 Å². The molecule has 28 heavy (non-hydrogen) atoms. The molecule has 3 rings (SSSR count). The average molecular weight is 406 g/mol. The number of amides is 1. The summed E-state index contributed by atoms with van der Waals surface area (Å²) in [6.45, 7) is 3.35. The van der Waals surface area contributed by atoms with E-state index in [-0.39, 0.29) is 0 Å². The lowest BCUT2D eigenvalue weighted by molar-refractivity contribution is -0.0566. The maximum atomic E-state index is 11.8. The molecule has 7 heteroatoms. The molecule has 2 aliphatic rings. The van der Waals surface area contributed by atoms with E-state index in [0.29, 0.717) is 17.5 Å². The van der Waals surface area contributed by atoms with Crippen molar-refractivity contribution >= 4 is 17.7 Å². The van der Waals surface area contributed by atoms with Gasteiger partial charge in [0, 0.05) is 50.7 Å². The van der Waals surface area contributed by atoms with Gasteiger partial charge in [0.2, 0.25) is 0 Å². The zero-order valence-corrected chi connectivity index (χ0v) is 16.9. The number of hydrogen-bond acceptors (Lipinski definition) is 5. The summed E-state index contributed by atoms with van der Waals surface area (Å²) in [7, 11) is 1.52. The number of hydrogen-bond donors (Lipinski definition) is 2. The molecule has 3 atom stereocenters. The molecule has 1 fully saturated rings. The van der Waals surface area contributed by atoms with E-state index in [0.717, 1.165) is 38.2 Å². The number of nitrogens with one attached hydrogen (secondary N) is 1. The first-order valence-electron chi connectivity index (χ1n) is 9.70. The van der Waals surface area contributed by atoms with Crippen molar-refractivity contribution in [1.29, 1.82) is 0 Å². The topological polar surface area (TPSA) is 65.0 Å². The summed E-state index contributed by atoms with van der Waals surface area (Å²) in [6, 6.07) is 7.65. The summed E-state index contributed by atoms with van der Waals surface area (Å²) in [5, 5.41) is 13.8. The summed E-state index contributed by atoms with van der Waals surface area (Å²) in [5.74, 6) is 0. The van der Waals surface area contributed by atoms with Crippen molar-refractivity contribution in [2.75, 3.05) is 33.2 Å². The number of rotatable bonds is 6. The Morgan fingerprint density at radius 1 is 1.32 bits per heavy atom. The van der Waals surface area contributed by atoms with Crippen LogP contribution in [0.1, 0.15) is 24.5 Å². The molecular weight excluding hydrogens is 378 g/mol. The van der Waals surface area contributed by atoms with Crippen molar-refractivity contribution in [2.45, 2.75) is 31.2 Å². The van der Waals surface area contributed by atoms with E-state index in [1.54, 1.807) is 12.1 Å². The number of aliphatic hydroxyl groups is 1. The van der Waals surface area contributed by atoms with Crippen molar-refractivity contribution in [3.05, 3.63) is 59.2 Å². The lowest BCUT2D eigenvalue weighted by Crippen LogP contribution is -2.53. The first kappa shape index (κ1) is 20.9. The van der Waals surface area contributed by atoms with Crippen molar-refractivity contribution < 1.29 is 14.6 Å². The van der Waals surface area contributed by atoms with Crippen LogP contribution in [0.5, 0.6) is 0 Å². The second-order valence-electron chi connectivity index (χ2n) is 7.10. The van der Waals surface area contributed by atoms with Crippen LogP contribution < -0.4 is 5.32 Å². The Hall–Kier alpha value is -1.86. The van der Waals surface area contributed by atoms with Gasteiger partial charge in [0.1, 0.15) is 12.3 Å². The van der Waals surface area contributed by atoms with E-state index >= 15 is 0 Å². The second-order valence-corrected chi connectivity index (χ2v) is 7.54.